The lowest BCUT2D eigenvalue weighted by molar-refractivity contribution is -0.141. The monoisotopic (exact) mass is 336 g/mol. The average molecular weight is 336 g/mol. The number of ether oxygens (including phenoxy) is 2. The van der Waals surface area contributed by atoms with E-state index in [1.54, 1.807) is 21.9 Å². The van der Waals surface area contributed by atoms with Gasteiger partial charge in [0.05, 0.1) is 26.7 Å². The minimum absolute atomic E-state index is 0.0735. The molecule has 7 heteroatoms. The van der Waals surface area contributed by atoms with Gasteiger partial charge in [-0.25, -0.2) is 0 Å². The second-order valence-corrected chi connectivity index (χ2v) is 6.17. The van der Waals surface area contributed by atoms with E-state index in [1.807, 2.05) is 20.2 Å². The van der Waals surface area contributed by atoms with Gasteiger partial charge in [0.15, 0.2) is 11.5 Å². The molecule has 1 aliphatic rings. The van der Waals surface area contributed by atoms with Crippen LogP contribution in [-0.4, -0.2) is 74.7 Å². The zero-order chi connectivity index (χ0) is 17.9. The lowest BCUT2D eigenvalue weighted by Crippen LogP contribution is -2.36. The predicted molar refractivity (Wildman–Crippen MR) is 88.5 cm³/mol. The van der Waals surface area contributed by atoms with E-state index in [9.17, 15) is 14.7 Å². The van der Waals surface area contributed by atoms with E-state index >= 15 is 0 Å². The van der Waals surface area contributed by atoms with Gasteiger partial charge in [-0.3, -0.25) is 9.59 Å². The molecule has 132 valence electrons. The number of carbonyl (C=O) groups excluding carboxylic acids is 1. The van der Waals surface area contributed by atoms with Gasteiger partial charge >= 0.3 is 5.97 Å². The number of hydrogen-bond acceptors (Lipinski definition) is 5. The van der Waals surface area contributed by atoms with Crippen molar-refractivity contribution in [1.82, 2.24) is 9.80 Å². The SMILES string of the molecule is COc1cccc([C@@H]2CN(C(=O)CN(C)C)C[C@H]2C(=O)O)c1OC. The van der Waals surface area contributed by atoms with Crippen molar-refractivity contribution < 1.29 is 24.2 Å². The highest BCUT2D eigenvalue weighted by atomic mass is 16.5. The third kappa shape index (κ3) is 3.62. The summed E-state index contributed by atoms with van der Waals surface area (Å²) in [6, 6.07) is 5.41. The molecule has 0 aromatic heterocycles. The summed E-state index contributed by atoms with van der Waals surface area (Å²) >= 11 is 0. The minimum atomic E-state index is -0.912. The molecule has 2 rings (SSSR count). The first-order chi connectivity index (χ1) is 11.4. The summed E-state index contributed by atoms with van der Waals surface area (Å²) in [6.45, 7) is 0.814. The number of methoxy groups -OCH3 is 2. The van der Waals surface area contributed by atoms with Gasteiger partial charge in [-0.1, -0.05) is 12.1 Å². The summed E-state index contributed by atoms with van der Waals surface area (Å²) in [5, 5.41) is 9.60. The van der Waals surface area contributed by atoms with Gasteiger partial charge < -0.3 is 24.4 Å². The number of benzene rings is 1. The minimum Gasteiger partial charge on any atom is -0.493 e. The van der Waals surface area contributed by atoms with Crippen LogP contribution in [0.25, 0.3) is 0 Å². The van der Waals surface area contributed by atoms with Gasteiger partial charge in [0.1, 0.15) is 0 Å². The summed E-state index contributed by atoms with van der Waals surface area (Å²) < 4.78 is 10.7. The second-order valence-electron chi connectivity index (χ2n) is 6.17. The van der Waals surface area contributed by atoms with Gasteiger partial charge in [-0.2, -0.15) is 0 Å². The zero-order valence-corrected chi connectivity index (χ0v) is 14.5. The van der Waals surface area contributed by atoms with Gasteiger partial charge in [0, 0.05) is 24.6 Å². The molecule has 0 spiro atoms. The maximum absolute atomic E-state index is 12.3. The molecule has 0 saturated carbocycles. The number of carboxylic acid groups (broad SMARTS) is 1. The normalized spacial score (nSPS) is 20.3. The van der Waals surface area contributed by atoms with Crippen molar-refractivity contribution in [3.05, 3.63) is 23.8 Å². The molecule has 0 bridgehead atoms. The van der Waals surface area contributed by atoms with Gasteiger partial charge in [0.2, 0.25) is 5.91 Å². The molecule has 2 atom stereocenters. The van der Waals surface area contributed by atoms with Crippen molar-refractivity contribution in [2.75, 3.05) is 47.9 Å². The number of carbonyl (C=O) groups is 2. The highest BCUT2D eigenvalue weighted by molar-refractivity contribution is 5.81. The summed E-state index contributed by atoms with van der Waals surface area (Å²) in [6.07, 6.45) is 0. The summed E-state index contributed by atoms with van der Waals surface area (Å²) in [7, 11) is 6.69. The van der Waals surface area contributed by atoms with E-state index in [0.717, 1.165) is 5.56 Å². The fourth-order valence-electron chi connectivity index (χ4n) is 3.15. The zero-order valence-electron chi connectivity index (χ0n) is 14.5. The Labute approximate surface area is 141 Å². The summed E-state index contributed by atoms with van der Waals surface area (Å²) in [4.78, 5) is 27.4. The maximum atomic E-state index is 12.3. The van der Waals surface area contributed by atoms with E-state index < -0.39 is 11.9 Å². The van der Waals surface area contributed by atoms with E-state index in [0.29, 0.717) is 18.0 Å². The number of rotatable bonds is 6. The molecule has 1 aliphatic heterocycles. The molecule has 7 nitrogen and oxygen atoms in total. The van der Waals surface area contributed by atoms with Gasteiger partial charge in [-0.15, -0.1) is 0 Å². The largest absolute Gasteiger partial charge is 0.493 e. The Morgan fingerprint density at radius 3 is 2.50 bits per heavy atom. The smallest absolute Gasteiger partial charge is 0.308 e. The van der Waals surface area contributed by atoms with Crippen molar-refractivity contribution in [1.29, 1.82) is 0 Å². The molecule has 1 fully saturated rings. The molecule has 0 unspecified atom stereocenters. The molecule has 0 radical (unpaired) electrons. The van der Waals surface area contributed by atoms with E-state index in [-0.39, 0.29) is 24.9 Å². The Balaban J connectivity index is 2.34. The van der Waals surface area contributed by atoms with Crippen molar-refractivity contribution in [2.45, 2.75) is 5.92 Å². The molecule has 1 amide bonds. The van der Waals surface area contributed by atoms with E-state index in [4.69, 9.17) is 9.47 Å². The maximum Gasteiger partial charge on any atom is 0.308 e. The van der Waals surface area contributed by atoms with Crippen LogP contribution in [-0.2, 0) is 9.59 Å². The first kappa shape index (κ1) is 18.1. The Morgan fingerprint density at radius 1 is 1.25 bits per heavy atom. The number of amides is 1. The number of likely N-dealkylation sites (tertiary alicyclic amines) is 1. The van der Waals surface area contributed by atoms with Crippen LogP contribution in [0.1, 0.15) is 11.5 Å². The number of hydrogen-bond donors (Lipinski definition) is 1. The lowest BCUT2D eigenvalue weighted by Gasteiger charge is -2.20. The molecule has 1 saturated heterocycles. The van der Waals surface area contributed by atoms with Crippen molar-refractivity contribution >= 4 is 11.9 Å². The van der Waals surface area contributed by atoms with Crippen LogP contribution >= 0.6 is 0 Å². The Kier molecular flexibility index (Phi) is 5.66. The summed E-state index contributed by atoms with van der Waals surface area (Å²) in [5.41, 5.74) is 0.754. The topological polar surface area (TPSA) is 79.3 Å². The molecular formula is C17H24N2O5. The van der Waals surface area contributed by atoms with Crippen LogP contribution in [0.2, 0.25) is 0 Å². The van der Waals surface area contributed by atoms with Gasteiger partial charge in [-0.05, 0) is 20.2 Å². The molecule has 0 aliphatic carbocycles. The van der Waals surface area contributed by atoms with Crippen LogP contribution in [0.4, 0.5) is 0 Å². The van der Waals surface area contributed by atoms with Crippen molar-refractivity contribution in [3.63, 3.8) is 0 Å². The average Bonchev–Trinajstić information content (AvgIpc) is 2.98. The van der Waals surface area contributed by atoms with Crippen molar-refractivity contribution in [2.24, 2.45) is 5.92 Å². The predicted octanol–water partition coefficient (Wildman–Crippen LogP) is 0.892. The fourth-order valence-corrected chi connectivity index (χ4v) is 3.15. The van der Waals surface area contributed by atoms with E-state index in [2.05, 4.69) is 0 Å². The highest BCUT2D eigenvalue weighted by Gasteiger charge is 2.42. The van der Waals surface area contributed by atoms with Crippen LogP contribution < -0.4 is 9.47 Å². The van der Waals surface area contributed by atoms with Crippen LogP contribution in [0.3, 0.4) is 0 Å². The van der Waals surface area contributed by atoms with E-state index in [1.165, 1.54) is 14.2 Å². The van der Waals surface area contributed by atoms with Crippen LogP contribution in [0, 0.1) is 5.92 Å². The highest BCUT2D eigenvalue weighted by Crippen LogP contribution is 2.41. The standard InChI is InChI=1S/C17H24N2O5/c1-18(2)10-15(20)19-8-12(13(9-19)17(21)22)11-6-5-7-14(23-3)16(11)24-4/h5-7,12-13H,8-10H2,1-4H3,(H,21,22)/t12-,13+/m0/s1. The third-order valence-electron chi connectivity index (χ3n) is 4.27. The summed E-state index contributed by atoms with van der Waals surface area (Å²) in [5.74, 6) is -0.910. The Morgan fingerprint density at radius 2 is 1.96 bits per heavy atom. The molecular weight excluding hydrogens is 312 g/mol. The van der Waals surface area contributed by atoms with Gasteiger partial charge in [0.25, 0.3) is 0 Å². The molecule has 1 heterocycles. The lowest BCUT2D eigenvalue weighted by atomic mass is 9.88. The number of aliphatic carboxylic acids is 1. The number of likely N-dealkylation sites (N-methyl/N-ethyl adjacent to an activating group) is 1. The first-order valence-electron chi connectivity index (χ1n) is 7.75. The molecule has 1 N–H and O–H groups in total. The number of para-hydroxylation sites is 1. The Hall–Kier alpha value is -2.28. The molecule has 24 heavy (non-hydrogen) atoms. The second kappa shape index (κ2) is 7.53. The molecule has 1 aromatic carbocycles. The fraction of sp³-hybridized carbons (Fsp3) is 0.529. The third-order valence-corrected chi connectivity index (χ3v) is 4.27. The van der Waals surface area contributed by atoms with Crippen molar-refractivity contribution in [3.8, 4) is 11.5 Å². The Bertz CT molecular complexity index is 617. The molecule has 1 aromatic rings. The first-order valence-corrected chi connectivity index (χ1v) is 7.75. The van der Waals surface area contributed by atoms with Crippen LogP contribution in [0.5, 0.6) is 11.5 Å². The van der Waals surface area contributed by atoms with Crippen LogP contribution in [0.15, 0.2) is 18.2 Å². The number of carboxylic acids is 1. The number of nitrogens with zero attached hydrogens (tertiary/aromatic N) is 2. The quantitative estimate of drug-likeness (QED) is 0.831.